The Morgan fingerprint density at radius 1 is 1.32 bits per heavy atom. The van der Waals surface area contributed by atoms with Crippen LogP contribution in [-0.4, -0.2) is 53.2 Å². The molecule has 6 nitrogen and oxygen atoms in total. The van der Waals surface area contributed by atoms with Gasteiger partial charge in [0.05, 0.1) is 5.39 Å². The Balaban J connectivity index is 1.49. The summed E-state index contributed by atoms with van der Waals surface area (Å²) in [7, 11) is 1.83. The number of nitrogens with zero attached hydrogens (tertiary/aromatic N) is 4. The molecule has 1 aliphatic heterocycles. The van der Waals surface area contributed by atoms with Crippen molar-refractivity contribution in [1.29, 1.82) is 0 Å². The number of piperidine rings is 1. The molecule has 2 aromatic heterocycles. The first-order valence-corrected chi connectivity index (χ1v) is 11.1. The van der Waals surface area contributed by atoms with Crippen LogP contribution in [0.1, 0.15) is 50.5 Å². The molecular formula is C21H30N4O2S. The maximum Gasteiger partial charge on any atom is 0.410 e. The van der Waals surface area contributed by atoms with Gasteiger partial charge < -0.3 is 14.5 Å². The zero-order valence-electron chi connectivity index (χ0n) is 17.3. The van der Waals surface area contributed by atoms with Gasteiger partial charge in [-0.1, -0.05) is 0 Å². The lowest BCUT2D eigenvalue weighted by atomic mass is 9.97. The molecule has 4 rings (SSSR count). The number of fused-ring (bicyclic) bond motifs is 3. The van der Waals surface area contributed by atoms with Crippen molar-refractivity contribution in [2.75, 3.05) is 31.6 Å². The molecule has 152 valence electrons. The molecule has 0 radical (unpaired) electrons. The van der Waals surface area contributed by atoms with Crippen molar-refractivity contribution in [2.45, 2.75) is 58.5 Å². The second-order valence-corrected chi connectivity index (χ2v) is 10.1. The molecule has 1 saturated heterocycles. The average Bonchev–Trinajstić information content (AvgIpc) is 3.21. The number of hydrogen-bond donors (Lipinski definition) is 0. The van der Waals surface area contributed by atoms with Crippen LogP contribution in [0.2, 0.25) is 0 Å². The van der Waals surface area contributed by atoms with Crippen molar-refractivity contribution in [3.63, 3.8) is 0 Å². The van der Waals surface area contributed by atoms with E-state index < -0.39 is 5.60 Å². The number of aryl methyl sites for hydroxylation is 2. The Hall–Kier alpha value is -1.89. The molecule has 28 heavy (non-hydrogen) atoms. The SMILES string of the molecule is CN(C[C@@H]1CCCN(c2ncnc3sc4c(c23)CCC4)C1)C(=O)OC(C)(C)C. The topological polar surface area (TPSA) is 58.6 Å². The molecule has 0 aromatic carbocycles. The largest absolute Gasteiger partial charge is 0.444 e. The summed E-state index contributed by atoms with van der Waals surface area (Å²) in [6.45, 7) is 8.36. The number of ether oxygens (including phenoxy) is 1. The molecule has 0 bridgehead atoms. The van der Waals surface area contributed by atoms with E-state index in [1.54, 1.807) is 11.2 Å². The molecule has 0 unspecified atom stereocenters. The minimum Gasteiger partial charge on any atom is -0.444 e. The number of rotatable bonds is 3. The summed E-state index contributed by atoms with van der Waals surface area (Å²) in [5.41, 5.74) is 1.01. The van der Waals surface area contributed by atoms with E-state index in [0.717, 1.165) is 43.0 Å². The predicted octanol–water partition coefficient (Wildman–Crippen LogP) is 4.26. The van der Waals surface area contributed by atoms with E-state index >= 15 is 0 Å². The molecule has 1 aliphatic carbocycles. The number of carbonyl (C=O) groups is 1. The van der Waals surface area contributed by atoms with Crippen LogP contribution in [-0.2, 0) is 17.6 Å². The third kappa shape index (κ3) is 3.95. The number of amides is 1. The molecule has 2 aliphatic rings. The van der Waals surface area contributed by atoms with Crippen molar-refractivity contribution in [2.24, 2.45) is 5.92 Å². The van der Waals surface area contributed by atoms with Crippen LogP contribution < -0.4 is 4.90 Å². The molecular weight excluding hydrogens is 372 g/mol. The Kier molecular flexibility index (Phi) is 5.21. The van der Waals surface area contributed by atoms with Gasteiger partial charge in [-0.05, 0) is 64.4 Å². The van der Waals surface area contributed by atoms with E-state index in [-0.39, 0.29) is 6.09 Å². The molecule has 3 heterocycles. The van der Waals surface area contributed by atoms with Gasteiger partial charge in [-0.3, -0.25) is 0 Å². The summed E-state index contributed by atoms with van der Waals surface area (Å²) in [4.78, 5) is 28.3. The van der Waals surface area contributed by atoms with Crippen molar-refractivity contribution >= 4 is 33.5 Å². The predicted molar refractivity (Wildman–Crippen MR) is 113 cm³/mol. The lowest BCUT2D eigenvalue weighted by molar-refractivity contribution is 0.0269. The third-order valence-electron chi connectivity index (χ3n) is 5.54. The van der Waals surface area contributed by atoms with Gasteiger partial charge in [0, 0.05) is 31.6 Å². The zero-order chi connectivity index (χ0) is 19.9. The Labute approximate surface area is 170 Å². The third-order valence-corrected chi connectivity index (χ3v) is 6.74. The molecule has 1 atom stereocenters. The summed E-state index contributed by atoms with van der Waals surface area (Å²) in [5, 5.41) is 1.28. The minimum atomic E-state index is -0.462. The molecule has 1 amide bonds. The average molecular weight is 403 g/mol. The van der Waals surface area contributed by atoms with E-state index in [2.05, 4.69) is 9.88 Å². The summed E-state index contributed by atoms with van der Waals surface area (Å²) in [6.07, 6.45) is 7.27. The fourth-order valence-electron chi connectivity index (χ4n) is 4.36. The summed E-state index contributed by atoms with van der Waals surface area (Å²) in [5.74, 6) is 1.51. The minimum absolute atomic E-state index is 0.246. The van der Waals surface area contributed by atoms with Gasteiger partial charge in [-0.15, -0.1) is 11.3 Å². The highest BCUT2D eigenvalue weighted by Gasteiger charge is 2.29. The molecule has 1 fully saturated rings. The zero-order valence-corrected chi connectivity index (χ0v) is 18.1. The smallest absolute Gasteiger partial charge is 0.410 e. The van der Waals surface area contributed by atoms with Crippen LogP contribution in [0.15, 0.2) is 6.33 Å². The van der Waals surface area contributed by atoms with Crippen molar-refractivity contribution in [1.82, 2.24) is 14.9 Å². The highest BCUT2D eigenvalue weighted by atomic mass is 32.1. The first-order chi connectivity index (χ1) is 13.3. The monoisotopic (exact) mass is 402 g/mol. The highest BCUT2D eigenvalue weighted by molar-refractivity contribution is 7.19. The van der Waals surface area contributed by atoms with Crippen molar-refractivity contribution in [3.8, 4) is 0 Å². The van der Waals surface area contributed by atoms with E-state index in [1.807, 2.05) is 39.2 Å². The summed E-state index contributed by atoms with van der Waals surface area (Å²) in [6, 6.07) is 0. The van der Waals surface area contributed by atoms with Gasteiger partial charge >= 0.3 is 6.09 Å². The molecule has 7 heteroatoms. The van der Waals surface area contributed by atoms with E-state index in [1.165, 1.54) is 28.7 Å². The molecule has 2 aromatic rings. The van der Waals surface area contributed by atoms with Gasteiger partial charge in [0.2, 0.25) is 0 Å². The highest BCUT2D eigenvalue weighted by Crippen LogP contribution is 2.40. The number of anilines is 1. The molecule has 0 N–H and O–H groups in total. The Morgan fingerprint density at radius 2 is 2.14 bits per heavy atom. The first kappa shape index (κ1) is 19.4. The first-order valence-electron chi connectivity index (χ1n) is 10.3. The maximum atomic E-state index is 12.3. The number of thiophene rings is 1. The van der Waals surface area contributed by atoms with E-state index in [0.29, 0.717) is 12.5 Å². The van der Waals surface area contributed by atoms with Crippen LogP contribution in [0.4, 0.5) is 10.6 Å². The molecule has 0 spiro atoms. The van der Waals surface area contributed by atoms with Crippen LogP contribution in [0.3, 0.4) is 0 Å². The van der Waals surface area contributed by atoms with Crippen LogP contribution in [0.5, 0.6) is 0 Å². The molecule has 0 saturated carbocycles. The quantitative estimate of drug-likeness (QED) is 0.768. The summed E-state index contributed by atoms with van der Waals surface area (Å²) >= 11 is 1.84. The lowest BCUT2D eigenvalue weighted by Gasteiger charge is -2.36. The van der Waals surface area contributed by atoms with Crippen LogP contribution in [0.25, 0.3) is 10.2 Å². The van der Waals surface area contributed by atoms with Gasteiger partial charge in [-0.25, -0.2) is 14.8 Å². The fourth-order valence-corrected chi connectivity index (χ4v) is 5.58. The van der Waals surface area contributed by atoms with Gasteiger partial charge in [0.15, 0.2) is 0 Å². The van der Waals surface area contributed by atoms with Gasteiger partial charge in [0.25, 0.3) is 0 Å². The van der Waals surface area contributed by atoms with Crippen LogP contribution in [0, 0.1) is 5.92 Å². The normalized spacial score (nSPS) is 19.7. The fraction of sp³-hybridized carbons (Fsp3) is 0.667. The number of hydrogen-bond acceptors (Lipinski definition) is 6. The Bertz CT molecular complexity index is 873. The number of aromatic nitrogens is 2. The van der Waals surface area contributed by atoms with Crippen molar-refractivity contribution in [3.05, 3.63) is 16.8 Å². The summed E-state index contributed by atoms with van der Waals surface area (Å²) < 4.78 is 5.50. The van der Waals surface area contributed by atoms with E-state index in [4.69, 9.17) is 9.72 Å². The number of carbonyl (C=O) groups excluding carboxylic acids is 1. The second-order valence-electron chi connectivity index (χ2n) is 9.05. The van der Waals surface area contributed by atoms with Gasteiger partial charge in [-0.2, -0.15) is 0 Å². The second kappa shape index (κ2) is 7.50. The lowest BCUT2D eigenvalue weighted by Crippen LogP contribution is -2.43. The Morgan fingerprint density at radius 3 is 2.93 bits per heavy atom. The van der Waals surface area contributed by atoms with Crippen LogP contribution >= 0.6 is 11.3 Å². The van der Waals surface area contributed by atoms with Crippen molar-refractivity contribution < 1.29 is 9.53 Å². The van der Waals surface area contributed by atoms with E-state index in [9.17, 15) is 4.79 Å². The standard InChI is InChI=1S/C21H30N4O2S/c1-21(2,3)27-20(26)24(4)11-14-7-6-10-25(12-14)18-17-15-8-5-9-16(15)28-19(17)23-13-22-18/h13-14H,5-12H2,1-4H3/t14-/m0/s1. The maximum absolute atomic E-state index is 12.3. The van der Waals surface area contributed by atoms with Gasteiger partial charge in [0.1, 0.15) is 22.6 Å².